The number of carbonyl (C=O) groups is 3. The van der Waals surface area contributed by atoms with E-state index in [-0.39, 0.29) is 34.7 Å². The number of aromatic nitrogens is 2. The standard InChI is InChI=1S/C26H24F2N4O4/c1-16(33)23-21-13-15-31(18-7-5-17(6-8-18)30-14-3-2-4-22(30)34)25(35)24(21)32(29-23)19-9-11-20(12-10-19)36-26(27)28/h5-12,26H,2-4,13-15H2,1H3. The quantitative estimate of drug-likeness (QED) is 0.475. The second kappa shape index (κ2) is 9.52. The van der Waals surface area contributed by atoms with Gasteiger partial charge in [-0.3, -0.25) is 14.4 Å². The average Bonchev–Trinajstić information content (AvgIpc) is 3.26. The number of fused-ring (bicyclic) bond motifs is 1. The summed E-state index contributed by atoms with van der Waals surface area (Å²) in [6.45, 7) is -0.518. The van der Waals surface area contributed by atoms with E-state index in [4.69, 9.17) is 0 Å². The number of amides is 2. The highest BCUT2D eigenvalue weighted by Gasteiger charge is 2.34. The molecule has 0 saturated carbocycles. The van der Waals surface area contributed by atoms with Crippen LogP contribution in [0.1, 0.15) is 52.7 Å². The number of halogens is 2. The van der Waals surface area contributed by atoms with Crippen molar-refractivity contribution in [1.29, 1.82) is 0 Å². The van der Waals surface area contributed by atoms with Crippen molar-refractivity contribution in [3.05, 3.63) is 65.5 Å². The summed E-state index contributed by atoms with van der Waals surface area (Å²) in [5.41, 5.74) is 2.93. The summed E-state index contributed by atoms with van der Waals surface area (Å²) in [5.74, 6) is -0.523. The first-order valence-electron chi connectivity index (χ1n) is 11.7. The molecule has 1 fully saturated rings. The van der Waals surface area contributed by atoms with Crippen molar-refractivity contribution in [1.82, 2.24) is 9.78 Å². The van der Waals surface area contributed by atoms with Crippen molar-refractivity contribution < 1.29 is 27.9 Å². The molecule has 0 N–H and O–H groups in total. The molecular weight excluding hydrogens is 470 g/mol. The molecule has 0 radical (unpaired) electrons. The molecule has 8 nitrogen and oxygen atoms in total. The summed E-state index contributed by atoms with van der Waals surface area (Å²) in [6, 6.07) is 13.0. The first kappa shape index (κ1) is 23.7. The third-order valence-electron chi connectivity index (χ3n) is 6.45. The summed E-state index contributed by atoms with van der Waals surface area (Å²) >= 11 is 0. The molecule has 3 heterocycles. The molecule has 3 aromatic rings. The van der Waals surface area contributed by atoms with Crippen LogP contribution in [-0.4, -0.2) is 47.1 Å². The van der Waals surface area contributed by atoms with E-state index in [1.165, 1.54) is 35.9 Å². The maximum atomic E-state index is 13.7. The van der Waals surface area contributed by atoms with Gasteiger partial charge in [0.15, 0.2) is 5.78 Å². The Morgan fingerprint density at radius 2 is 1.53 bits per heavy atom. The topological polar surface area (TPSA) is 84.7 Å². The molecule has 36 heavy (non-hydrogen) atoms. The lowest BCUT2D eigenvalue weighted by Gasteiger charge is -2.29. The highest BCUT2D eigenvalue weighted by Crippen LogP contribution is 2.31. The first-order valence-corrected chi connectivity index (χ1v) is 11.7. The van der Waals surface area contributed by atoms with Crippen LogP contribution >= 0.6 is 0 Å². The number of Topliss-reactive ketones (excluding diaryl/α,β-unsaturated/α-hetero) is 1. The minimum absolute atomic E-state index is 0.0261. The second-order valence-electron chi connectivity index (χ2n) is 8.74. The number of rotatable bonds is 6. The minimum atomic E-state index is -2.95. The van der Waals surface area contributed by atoms with Gasteiger partial charge in [0.2, 0.25) is 5.91 Å². The van der Waals surface area contributed by atoms with Crippen LogP contribution in [0.25, 0.3) is 5.69 Å². The van der Waals surface area contributed by atoms with Crippen LogP contribution in [-0.2, 0) is 11.2 Å². The van der Waals surface area contributed by atoms with E-state index >= 15 is 0 Å². The van der Waals surface area contributed by atoms with Gasteiger partial charge in [0.1, 0.15) is 17.1 Å². The molecule has 1 aromatic heterocycles. The zero-order valence-corrected chi connectivity index (χ0v) is 19.6. The maximum Gasteiger partial charge on any atom is 0.387 e. The van der Waals surface area contributed by atoms with Crippen molar-refractivity contribution in [2.45, 2.75) is 39.2 Å². The average molecular weight is 494 g/mol. The van der Waals surface area contributed by atoms with Crippen LogP contribution in [0.2, 0.25) is 0 Å². The van der Waals surface area contributed by atoms with E-state index in [9.17, 15) is 23.2 Å². The Kier molecular flexibility index (Phi) is 6.26. The fourth-order valence-corrected chi connectivity index (χ4v) is 4.74. The Balaban J connectivity index is 1.47. The van der Waals surface area contributed by atoms with Crippen LogP contribution in [0.15, 0.2) is 48.5 Å². The summed E-state index contributed by atoms with van der Waals surface area (Å²) in [5, 5.41) is 4.40. The third-order valence-corrected chi connectivity index (χ3v) is 6.45. The van der Waals surface area contributed by atoms with Crippen LogP contribution in [0, 0.1) is 0 Å². The second-order valence-corrected chi connectivity index (χ2v) is 8.74. The van der Waals surface area contributed by atoms with E-state index < -0.39 is 6.61 Å². The molecule has 0 atom stereocenters. The number of anilines is 2. The largest absolute Gasteiger partial charge is 0.435 e. The smallest absolute Gasteiger partial charge is 0.387 e. The van der Waals surface area contributed by atoms with Gasteiger partial charge in [-0.05, 0) is 67.8 Å². The Labute approximate surface area is 206 Å². The molecule has 2 aromatic carbocycles. The SMILES string of the molecule is CC(=O)c1nn(-c2ccc(OC(F)F)cc2)c2c1CCN(c1ccc(N3CCCCC3=O)cc1)C2=O. The predicted molar refractivity (Wildman–Crippen MR) is 128 cm³/mol. The van der Waals surface area contributed by atoms with Gasteiger partial charge in [-0.2, -0.15) is 13.9 Å². The van der Waals surface area contributed by atoms with Crippen molar-refractivity contribution in [2.75, 3.05) is 22.9 Å². The zero-order chi connectivity index (χ0) is 25.4. The van der Waals surface area contributed by atoms with Crippen LogP contribution in [0.4, 0.5) is 20.2 Å². The number of alkyl halides is 2. The van der Waals surface area contributed by atoms with E-state index in [2.05, 4.69) is 9.84 Å². The van der Waals surface area contributed by atoms with Gasteiger partial charge in [-0.25, -0.2) is 4.68 Å². The molecule has 0 spiro atoms. The first-order chi connectivity index (χ1) is 17.3. The highest BCUT2D eigenvalue weighted by molar-refractivity contribution is 6.09. The van der Waals surface area contributed by atoms with Crippen molar-refractivity contribution in [3.63, 3.8) is 0 Å². The lowest BCUT2D eigenvalue weighted by atomic mass is 10.0. The van der Waals surface area contributed by atoms with Crippen molar-refractivity contribution in [3.8, 4) is 11.4 Å². The molecule has 5 rings (SSSR count). The van der Waals surface area contributed by atoms with E-state index in [0.29, 0.717) is 42.9 Å². The van der Waals surface area contributed by atoms with Gasteiger partial charge in [-0.15, -0.1) is 0 Å². The number of ether oxygens (including phenoxy) is 1. The van der Waals surface area contributed by atoms with Gasteiger partial charge < -0.3 is 14.5 Å². The Bertz CT molecular complexity index is 1320. The summed E-state index contributed by atoms with van der Waals surface area (Å²) in [7, 11) is 0. The zero-order valence-electron chi connectivity index (χ0n) is 19.6. The summed E-state index contributed by atoms with van der Waals surface area (Å²) in [6.07, 6.45) is 2.82. The molecule has 2 aliphatic rings. The summed E-state index contributed by atoms with van der Waals surface area (Å²) in [4.78, 5) is 41.6. The van der Waals surface area contributed by atoms with E-state index in [0.717, 1.165) is 18.5 Å². The fraction of sp³-hybridized carbons (Fsp3) is 0.308. The number of nitrogens with zero attached hydrogens (tertiary/aromatic N) is 4. The number of ketones is 1. The fourth-order valence-electron chi connectivity index (χ4n) is 4.74. The molecule has 186 valence electrons. The molecule has 0 bridgehead atoms. The number of piperidine rings is 1. The van der Waals surface area contributed by atoms with Crippen LogP contribution in [0.3, 0.4) is 0 Å². The number of hydrogen-bond acceptors (Lipinski definition) is 5. The number of hydrogen-bond donors (Lipinski definition) is 0. The Hall–Kier alpha value is -4.08. The molecule has 10 heteroatoms. The van der Waals surface area contributed by atoms with Gasteiger partial charge >= 0.3 is 6.61 Å². The minimum Gasteiger partial charge on any atom is -0.435 e. The lowest BCUT2D eigenvalue weighted by molar-refractivity contribution is -0.119. The third kappa shape index (κ3) is 4.34. The lowest BCUT2D eigenvalue weighted by Crippen LogP contribution is -2.39. The van der Waals surface area contributed by atoms with Gasteiger partial charge in [0.05, 0.1) is 5.69 Å². The molecule has 1 saturated heterocycles. The van der Waals surface area contributed by atoms with Crippen molar-refractivity contribution >= 4 is 29.0 Å². The molecule has 0 aliphatic carbocycles. The van der Waals surface area contributed by atoms with Gasteiger partial charge in [0, 0.05) is 43.4 Å². The Morgan fingerprint density at radius 1 is 0.889 bits per heavy atom. The normalized spacial score (nSPS) is 15.9. The van der Waals surface area contributed by atoms with Crippen LogP contribution < -0.4 is 14.5 Å². The predicted octanol–water partition coefficient (Wildman–Crippen LogP) is 4.40. The van der Waals surface area contributed by atoms with E-state index in [1.54, 1.807) is 9.80 Å². The van der Waals surface area contributed by atoms with Crippen molar-refractivity contribution in [2.24, 2.45) is 0 Å². The maximum absolute atomic E-state index is 13.7. The van der Waals surface area contributed by atoms with Crippen LogP contribution in [0.5, 0.6) is 5.75 Å². The molecule has 0 unspecified atom stereocenters. The molecule has 2 aliphatic heterocycles. The Morgan fingerprint density at radius 3 is 2.14 bits per heavy atom. The molecule has 2 amide bonds. The monoisotopic (exact) mass is 494 g/mol. The van der Waals surface area contributed by atoms with E-state index in [1.807, 2.05) is 24.3 Å². The highest BCUT2D eigenvalue weighted by atomic mass is 19.3. The molecular formula is C26H24F2N4O4. The summed E-state index contributed by atoms with van der Waals surface area (Å²) < 4.78 is 30.8. The number of benzene rings is 2. The van der Waals surface area contributed by atoms with Gasteiger partial charge in [0.25, 0.3) is 5.91 Å². The number of carbonyl (C=O) groups excluding carboxylic acids is 3. The van der Waals surface area contributed by atoms with Gasteiger partial charge in [-0.1, -0.05) is 0 Å².